The highest BCUT2D eigenvalue weighted by molar-refractivity contribution is 5.92. The first-order chi connectivity index (χ1) is 24.6. The van der Waals surface area contributed by atoms with Gasteiger partial charge in [0.05, 0.1) is 37.7 Å². The van der Waals surface area contributed by atoms with Gasteiger partial charge in [-0.2, -0.15) is 5.10 Å². The molecular weight excluding hydrogens is 632 g/mol. The first-order valence-corrected chi connectivity index (χ1v) is 19.3. The van der Waals surface area contributed by atoms with E-state index in [2.05, 4.69) is 51.2 Å². The van der Waals surface area contributed by atoms with Crippen LogP contribution in [0.15, 0.2) is 48.8 Å². The van der Waals surface area contributed by atoms with Gasteiger partial charge in [0, 0.05) is 39.6 Å². The third-order valence-electron chi connectivity index (χ3n) is 9.86. The van der Waals surface area contributed by atoms with Crippen molar-refractivity contribution >= 4 is 5.91 Å². The Morgan fingerprint density at radius 2 is 1.52 bits per heavy atom. The summed E-state index contributed by atoms with van der Waals surface area (Å²) in [6.07, 6.45) is 22.0. The summed E-state index contributed by atoms with van der Waals surface area (Å²) in [5, 5.41) is 16.0. The van der Waals surface area contributed by atoms with Crippen LogP contribution in [0, 0.1) is 0 Å². The molecule has 0 radical (unpaired) electrons. The second kappa shape index (κ2) is 22.0. The average Bonchev–Trinajstić information content (AvgIpc) is 3.80. The monoisotopic (exact) mass is 692 g/mol. The van der Waals surface area contributed by atoms with Crippen LogP contribution < -0.4 is 5.32 Å². The van der Waals surface area contributed by atoms with E-state index in [9.17, 15) is 4.79 Å². The number of aromatic nitrogens is 5. The van der Waals surface area contributed by atoms with Gasteiger partial charge in [-0.15, -0.1) is 5.10 Å². The van der Waals surface area contributed by atoms with E-state index in [0.29, 0.717) is 24.9 Å². The number of carbonyl (C=O) groups excluding carboxylic acids is 1. The number of ether oxygens (including phenoxy) is 4. The molecular formula is C39H60N6O5. The molecule has 2 fully saturated rings. The molecule has 0 bridgehead atoms. The second-order valence-electron chi connectivity index (χ2n) is 14.0. The van der Waals surface area contributed by atoms with E-state index in [1.807, 2.05) is 10.7 Å². The number of aryl methyl sites for hydroxylation is 1. The van der Waals surface area contributed by atoms with Crippen molar-refractivity contribution in [1.29, 1.82) is 0 Å². The number of rotatable bonds is 23. The Balaban J connectivity index is 0.858. The fraction of sp³-hybridized carbons (Fsp3) is 0.692. The predicted molar refractivity (Wildman–Crippen MR) is 193 cm³/mol. The molecule has 0 spiro atoms. The van der Waals surface area contributed by atoms with Crippen LogP contribution in [0.3, 0.4) is 0 Å². The van der Waals surface area contributed by atoms with Gasteiger partial charge in [-0.05, 0) is 102 Å². The summed E-state index contributed by atoms with van der Waals surface area (Å²) in [6, 6.07) is 12.1. The van der Waals surface area contributed by atoms with Crippen LogP contribution in [0.4, 0.5) is 0 Å². The lowest BCUT2D eigenvalue weighted by atomic mass is 9.99. The van der Waals surface area contributed by atoms with E-state index in [-0.39, 0.29) is 24.2 Å². The van der Waals surface area contributed by atoms with Crippen molar-refractivity contribution in [3.05, 3.63) is 65.7 Å². The molecule has 2 aromatic heterocycles. The zero-order valence-corrected chi connectivity index (χ0v) is 30.3. The predicted octanol–water partition coefficient (Wildman–Crippen LogP) is 7.12. The highest BCUT2D eigenvalue weighted by Crippen LogP contribution is 2.32. The highest BCUT2D eigenvalue weighted by Gasteiger charge is 2.27. The topological polar surface area (TPSA) is 115 Å². The molecule has 2 saturated heterocycles. The lowest BCUT2D eigenvalue weighted by Crippen LogP contribution is -2.31. The molecule has 5 rings (SSSR count). The van der Waals surface area contributed by atoms with Crippen LogP contribution in [-0.2, 0) is 39.1 Å². The van der Waals surface area contributed by atoms with E-state index < -0.39 is 0 Å². The molecule has 1 aromatic carbocycles. The van der Waals surface area contributed by atoms with Crippen molar-refractivity contribution in [2.75, 3.05) is 26.4 Å². The van der Waals surface area contributed by atoms with Crippen LogP contribution in [-0.4, -0.2) is 75.4 Å². The first kappa shape index (κ1) is 38.1. The standard InChI is InChI=1S/C39H60N6O5/c1-44-37(23-25-41-44)39(46)40-24-9-2-3-10-26-47-27-11-7-17-33-19-13-21-35(49-33)29-45-30-36(42-43-45)38-22-14-20-34(50-38)18-8-12-28-48-31-32-15-5-4-6-16-32/h4-6,15-16,23,25,30,33-35,38H,2-3,7-14,17-22,24,26-29,31H2,1H3,(H,40,46)/t33-,34-,35-,38-/m0/s1. The van der Waals surface area contributed by atoms with Crippen molar-refractivity contribution in [2.24, 2.45) is 7.05 Å². The quantitative estimate of drug-likeness (QED) is 0.105. The molecule has 0 saturated carbocycles. The number of carbonyl (C=O) groups is 1. The summed E-state index contributed by atoms with van der Waals surface area (Å²) >= 11 is 0. The fourth-order valence-electron chi connectivity index (χ4n) is 7.01. The van der Waals surface area contributed by atoms with Crippen LogP contribution in [0.25, 0.3) is 0 Å². The smallest absolute Gasteiger partial charge is 0.269 e. The van der Waals surface area contributed by atoms with Crippen molar-refractivity contribution in [2.45, 2.75) is 140 Å². The number of nitrogens with one attached hydrogen (secondary N) is 1. The number of unbranched alkanes of at least 4 members (excludes halogenated alkanes) is 5. The Labute approximate surface area is 298 Å². The Kier molecular flexibility index (Phi) is 16.7. The van der Waals surface area contributed by atoms with E-state index in [4.69, 9.17) is 18.9 Å². The molecule has 276 valence electrons. The summed E-state index contributed by atoms with van der Waals surface area (Å²) in [6.45, 7) is 4.54. The molecule has 0 unspecified atom stereocenters. The van der Waals surface area contributed by atoms with Gasteiger partial charge in [-0.1, -0.05) is 48.4 Å². The van der Waals surface area contributed by atoms with E-state index in [0.717, 1.165) is 122 Å². The maximum Gasteiger partial charge on any atom is 0.269 e. The number of hydrogen-bond acceptors (Lipinski definition) is 8. The van der Waals surface area contributed by atoms with Crippen LogP contribution >= 0.6 is 0 Å². The largest absolute Gasteiger partial charge is 0.381 e. The molecule has 4 atom stereocenters. The molecule has 1 amide bonds. The molecule has 0 aliphatic carbocycles. The maximum atomic E-state index is 12.1. The number of benzene rings is 1. The van der Waals surface area contributed by atoms with Crippen molar-refractivity contribution in [1.82, 2.24) is 30.1 Å². The minimum atomic E-state index is -0.0611. The van der Waals surface area contributed by atoms with Gasteiger partial charge in [0.2, 0.25) is 0 Å². The highest BCUT2D eigenvalue weighted by atomic mass is 16.5. The Morgan fingerprint density at radius 1 is 0.820 bits per heavy atom. The summed E-state index contributed by atoms with van der Waals surface area (Å²) < 4.78 is 28.3. The van der Waals surface area contributed by atoms with Gasteiger partial charge in [0.25, 0.3) is 5.91 Å². The number of amides is 1. The minimum absolute atomic E-state index is 0.0384. The first-order valence-electron chi connectivity index (χ1n) is 19.3. The van der Waals surface area contributed by atoms with E-state index in [1.54, 1.807) is 24.0 Å². The summed E-state index contributed by atoms with van der Waals surface area (Å²) in [5.74, 6) is -0.0611. The van der Waals surface area contributed by atoms with Crippen molar-refractivity contribution in [3.8, 4) is 0 Å². The molecule has 11 nitrogen and oxygen atoms in total. The lowest BCUT2D eigenvalue weighted by molar-refractivity contribution is -0.0630. The summed E-state index contributed by atoms with van der Waals surface area (Å²) in [4.78, 5) is 12.1. The van der Waals surface area contributed by atoms with Gasteiger partial charge >= 0.3 is 0 Å². The molecule has 1 N–H and O–H groups in total. The zero-order chi connectivity index (χ0) is 34.6. The third-order valence-corrected chi connectivity index (χ3v) is 9.86. The molecule has 11 heteroatoms. The van der Waals surface area contributed by atoms with Gasteiger partial charge < -0.3 is 24.3 Å². The fourth-order valence-corrected chi connectivity index (χ4v) is 7.01. The van der Waals surface area contributed by atoms with Gasteiger partial charge in [0.15, 0.2) is 0 Å². The minimum Gasteiger partial charge on any atom is -0.381 e. The van der Waals surface area contributed by atoms with E-state index in [1.165, 1.54) is 18.4 Å². The molecule has 2 aliphatic rings. The summed E-state index contributed by atoms with van der Waals surface area (Å²) in [5.41, 5.74) is 2.78. The van der Waals surface area contributed by atoms with Gasteiger partial charge in [-0.25, -0.2) is 4.68 Å². The molecule has 4 heterocycles. The number of nitrogens with zero attached hydrogens (tertiary/aromatic N) is 5. The van der Waals surface area contributed by atoms with Gasteiger partial charge in [0.1, 0.15) is 17.5 Å². The molecule has 3 aromatic rings. The van der Waals surface area contributed by atoms with Crippen LogP contribution in [0.2, 0.25) is 0 Å². The molecule has 50 heavy (non-hydrogen) atoms. The Hall–Kier alpha value is -3.12. The third kappa shape index (κ3) is 13.5. The average molecular weight is 693 g/mol. The van der Waals surface area contributed by atoms with E-state index >= 15 is 0 Å². The summed E-state index contributed by atoms with van der Waals surface area (Å²) in [7, 11) is 1.78. The Bertz CT molecular complexity index is 1350. The van der Waals surface area contributed by atoms with Crippen LogP contribution in [0.1, 0.15) is 131 Å². The second-order valence-corrected chi connectivity index (χ2v) is 14.0. The van der Waals surface area contributed by atoms with Crippen LogP contribution in [0.5, 0.6) is 0 Å². The Morgan fingerprint density at radius 3 is 2.30 bits per heavy atom. The van der Waals surface area contributed by atoms with Crippen molar-refractivity contribution in [3.63, 3.8) is 0 Å². The molecule has 2 aliphatic heterocycles. The SMILES string of the molecule is Cn1nccc1C(=O)NCCCCCCOCCCC[C@H]1CCC[C@@H](Cn2cc([C@@H]3CCC[C@H](CCCCOCc4ccccc4)O3)nn2)O1. The lowest BCUT2D eigenvalue weighted by Gasteiger charge is -2.30. The van der Waals surface area contributed by atoms with Crippen molar-refractivity contribution < 1.29 is 23.7 Å². The normalized spacial score (nSPS) is 21.0. The maximum absolute atomic E-state index is 12.1. The number of hydrogen-bond donors (Lipinski definition) is 1. The zero-order valence-electron chi connectivity index (χ0n) is 30.3. The van der Waals surface area contributed by atoms with Gasteiger partial charge in [-0.3, -0.25) is 9.48 Å².